The van der Waals surface area contributed by atoms with Crippen molar-refractivity contribution < 1.29 is 4.74 Å². The van der Waals surface area contributed by atoms with E-state index in [2.05, 4.69) is 12.2 Å². The fourth-order valence-corrected chi connectivity index (χ4v) is 2.90. The van der Waals surface area contributed by atoms with Crippen LogP contribution in [0.3, 0.4) is 0 Å². The van der Waals surface area contributed by atoms with Gasteiger partial charge in [0.1, 0.15) is 0 Å². The molecule has 0 aromatic heterocycles. The molecule has 2 heteroatoms. The molecule has 2 saturated carbocycles. The number of nitrogens with one attached hydrogen (secondary N) is 1. The summed E-state index contributed by atoms with van der Waals surface area (Å²) < 4.78 is 5.86. The van der Waals surface area contributed by atoms with Crippen molar-refractivity contribution in [2.45, 2.75) is 70.4 Å². The molecule has 0 bridgehead atoms. The molecule has 2 unspecified atom stereocenters. The molecule has 0 aromatic carbocycles. The molecular weight excluding hydrogens is 198 g/mol. The van der Waals surface area contributed by atoms with Crippen molar-refractivity contribution in [3.63, 3.8) is 0 Å². The van der Waals surface area contributed by atoms with E-state index >= 15 is 0 Å². The minimum Gasteiger partial charge on any atom is -0.378 e. The number of ether oxygens (including phenoxy) is 1. The Bertz CT molecular complexity index is 191. The molecule has 0 heterocycles. The van der Waals surface area contributed by atoms with Crippen molar-refractivity contribution in [2.24, 2.45) is 5.92 Å². The molecule has 2 nitrogen and oxygen atoms in total. The van der Waals surface area contributed by atoms with Gasteiger partial charge in [0.25, 0.3) is 0 Å². The lowest BCUT2D eigenvalue weighted by Gasteiger charge is -2.27. The van der Waals surface area contributed by atoms with Crippen molar-refractivity contribution >= 4 is 0 Å². The molecular formula is C14H27NO. The van der Waals surface area contributed by atoms with E-state index in [9.17, 15) is 0 Å². The van der Waals surface area contributed by atoms with Crippen molar-refractivity contribution in [1.29, 1.82) is 0 Å². The molecule has 0 spiro atoms. The largest absolute Gasteiger partial charge is 0.378 e. The minimum atomic E-state index is 0.614. The summed E-state index contributed by atoms with van der Waals surface area (Å²) in [5, 5.41) is 3.69. The lowest BCUT2D eigenvalue weighted by Crippen LogP contribution is -2.34. The summed E-state index contributed by atoms with van der Waals surface area (Å²) in [4.78, 5) is 0. The Hall–Kier alpha value is -0.0800. The van der Waals surface area contributed by atoms with E-state index in [0.29, 0.717) is 6.10 Å². The molecule has 94 valence electrons. The summed E-state index contributed by atoms with van der Waals surface area (Å²) >= 11 is 0. The first kappa shape index (κ1) is 12.4. The van der Waals surface area contributed by atoms with Gasteiger partial charge >= 0.3 is 0 Å². The Morgan fingerprint density at radius 2 is 1.94 bits per heavy atom. The predicted molar refractivity (Wildman–Crippen MR) is 67.6 cm³/mol. The Morgan fingerprint density at radius 1 is 1.12 bits per heavy atom. The zero-order valence-electron chi connectivity index (χ0n) is 10.7. The summed E-state index contributed by atoms with van der Waals surface area (Å²) in [6, 6.07) is 0.782. The quantitative estimate of drug-likeness (QED) is 0.719. The van der Waals surface area contributed by atoms with Crippen LogP contribution in [0.2, 0.25) is 0 Å². The first-order chi connectivity index (χ1) is 7.90. The van der Waals surface area contributed by atoms with Gasteiger partial charge < -0.3 is 10.1 Å². The summed E-state index contributed by atoms with van der Waals surface area (Å²) in [6.07, 6.45) is 11.3. The molecule has 0 aromatic rings. The maximum atomic E-state index is 5.86. The first-order valence-corrected chi connectivity index (χ1v) is 7.25. The van der Waals surface area contributed by atoms with Gasteiger partial charge in [-0.05, 0) is 57.4 Å². The van der Waals surface area contributed by atoms with Crippen LogP contribution >= 0.6 is 0 Å². The van der Waals surface area contributed by atoms with Crippen LogP contribution in [0.15, 0.2) is 0 Å². The second kappa shape index (κ2) is 6.61. The summed E-state index contributed by atoms with van der Waals surface area (Å²) in [5.74, 6) is 0.881. The molecule has 0 aliphatic heterocycles. The smallest absolute Gasteiger partial charge is 0.0575 e. The lowest BCUT2D eigenvalue weighted by atomic mass is 9.96. The highest BCUT2D eigenvalue weighted by atomic mass is 16.5. The Labute approximate surface area is 100 Å². The zero-order valence-corrected chi connectivity index (χ0v) is 10.7. The Balaban J connectivity index is 1.58. The van der Waals surface area contributed by atoms with Gasteiger partial charge in [-0.15, -0.1) is 0 Å². The highest BCUT2D eigenvalue weighted by Crippen LogP contribution is 2.29. The average molecular weight is 225 g/mol. The van der Waals surface area contributed by atoms with Gasteiger partial charge in [0, 0.05) is 12.6 Å². The van der Waals surface area contributed by atoms with Gasteiger partial charge in [0.15, 0.2) is 0 Å². The van der Waals surface area contributed by atoms with Gasteiger partial charge in [0.2, 0.25) is 0 Å². The number of hydrogen-bond donors (Lipinski definition) is 1. The van der Waals surface area contributed by atoms with Gasteiger partial charge in [0.05, 0.1) is 6.10 Å². The number of rotatable bonds is 7. The van der Waals surface area contributed by atoms with Crippen LogP contribution in [0.25, 0.3) is 0 Å². The third-order valence-electron chi connectivity index (χ3n) is 4.21. The highest BCUT2D eigenvalue weighted by Gasteiger charge is 2.26. The standard InChI is InChI=1S/C14H27NO/c1-2-10-15-14-8-3-5-12(14)9-11-16-13-6-4-7-13/h12-15H,2-11H2,1H3. The second-order valence-corrected chi connectivity index (χ2v) is 5.46. The molecule has 2 fully saturated rings. The van der Waals surface area contributed by atoms with Gasteiger partial charge in [-0.25, -0.2) is 0 Å². The van der Waals surface area contributed by atoms with Gasteiger partial charge in [-0.1, -0.05) is 13.3 Å². The molecule has 0 amide bonds. The third kappa shape index (κ3) is 3.46. The van der Waals surface area contributed by atoms with Crippen LogP contribution in [-0.4, -0.2) is 25.3 Å². The minimum absolute atomic E-state index is 0.614. The molecule has 2 aliphatic carbocycles. The Morgan fingerprint density at radius 3 is 2.62 bits per heavy atom. The topological polar surface area (TPSA) is 21.3 Å². The fourth-order valence-electron chi connectivity index (χ4n) is 2.90. The molecule has 16 heavy (non-hydrogen) atoms. The van der Waals surface area contributed by atoms with Gasteiger partial charge in [-0.2, -0.15) is 0 Å². The van der Waals surface area contributed by atoms with Crippen LogP contribution in [0, 0.1) is 5.92 Å². The van der Waals surface area contributed by atoms with E-state index in [-0.39, 0.29) is 0 Å². The molecule has 1 N–H and O–H groups in total. The van der Waals surface area contributed by atoms with E-state index in [1.165, 1.54) is 57.9 Å². The summed E-state index contributed by atoms with van der Waals surface area (Å²) in [6.45, 7) is 4.43. The summed E-state index contributed by atoms with van der Waals surface area (Å²) in [7, 11) is 0. The van der Waals surface area contributed by atoms with Crippen molar-refractivity contribution in [3.05, 3.63) is 0 Å². The normalized spacial score (nSPS) is 30.6. The van der Waals surface area contributed by atoms with Crippen LogP contribution < -0.4 is 5.32 Å². The van der Waals surface area contributed by atoms with E-state index in [4.69, 9.17) is 4.74 Å². The van der Waals surface area contributed by atoms with Gasteiger partial charge in [-0.3, -0.25) is 0 Å². The summed E-state index contributed by atoms with van der Waals surface area (Å²) in [5.41, 5.74) is 0. The molecule has 2 rings (SSSR count). The van der Waals surface area contributed by atoms with E-state index in [1.807, 2.05) is 0 Å². The predicted octanol–water partition coefficient (Wildman–Crippen LogP) is 3.11. The van der Waals surface area contributed by atoms with E-state index in [0.717, 1.165) is 18.6 Å². The molecule has 2 atom stereocenters. The Kier molecular flexibility index (Phi) is 5.11. The average Bonchev–Trinajstić information content (AvgIpc) is 2.66. The maximum absolute atomic E-state index is 5.86. The van der Waals surface area contributed by atoms with E-state index < -0.39 is 0 Å². The van der Waals surface area contributed by atoms with Crippen LogP contribution in [0.4, 0.5) is 0 Å². The second-order valence-electron chi connectivity index (χ2n) is 5.46. The third-order valence-corrected chi connectivity index (χ3v) is 4.21. The van der Waals surface area contributed by atoms with Crippen LogP contribution in [-0.2, 0) is 4.74 Å². The highest BCUT2D eigenvalue weighted by molar-refractivity contribution is 4.83. The SMILES string of the molecule is CCCNC1CCCC1CCOC1CCC1. The lowest BCUT2D eigenvalue weighted by molar-refractivity contribution is -0.00447. The van der Waals surface area contributed by atoms with Crippen molar-refractivity contribution in [1.82, 2.24) is 5.32 Å². The van der Waals surface area contributed by atoms with Crippen molar-refractivity contribution in [3.8, 4) is 0 Å². The van der Waals surface area contributed by atoms with Crippen LogP contribution in [0.1, 0.15) is 58.3 Å². The molecule has 0 saturated heterocycles. The number of hydrogen-bond acceptors (Lipinski definition) is 2. The molecule has 2 aliphatic rings. The van der Waals surface area contributed by atoms with E-state index in [1.54, 1.807) is 0 Å². The zero-order chi connectivity index (χ0) is 11.2. The maximum Gasteiger partial charge on any atom is 0.0575 e. The monoisotopic (exact) mass is 225 g/mol. The molecule has 0 radical (unpaired) electrons. The van der Waals surface area contributed by atoms with Crippen molar-refractivity contribution in [2.75, 3.05) is 13.2 Å². The first-order valence-electron chi connectivity index (χ1n) is 7.25. The van der Waals surface area contributed by atoms with Crippen LogP contribution in [0.5, 0.6) is 0 Å². The fraction of sp³-hybridized carbons (Fsp3) is 1.00.